The molecule has 0 radical (unpaired) electrons. The molecule has 21 heavy (non-hydrogen) atoms. The zero-order valence-corrected chi connectivity index (χ0v) is 13.2. The summed E-state index contributed by atoms with van der Waals surface area (Å²) < 4.78 is 0. The number of rotatable bonds is 0. The molecule has 1 heteroatoms. The minimum absolute atomic E-state index is 0.112. The molecular formula is C20H24O. The highest BCUT2D eigenvalue weighted by Crippen LogP contribution is 2.56. The van der Waals surface area contributed by atoms with Crippen molar-refractivity contribution in [2.45, 2.75) is 58.5 Å². The molecule has 1 N–H and O–H groups in total. The van der Waals surface area contributed by atoms with Crippen LogP contribution in [0.25, 0.3) is 10.8 Å². The fraction of sp³-hybridized carbons (Fsp3) is 0.500. The normalized spacial score (nSPS) is 31.2. The van der Waals surface area contributed by atoms with Gasteiger partial charge in [0, 0.05) is 0 Å². The Morgan fingerprint density at radius 1 is 1.14 bits per heavy atom. The Bertz CT molecular complexity index is 730. The summed E-state index contributed by atoms with van der Waals surface area (Å²) in [7, 11) is 0. The standard InChI is InChI=1S/C20H24O/c1-12-4-5-15-13(2)9-18-16(17(15)8-12)6-7-20(3)11-14(21)10-19(18)20/h4-5,8-9,14,19,21H,6-7,10-11H2,1-3H3/t14-,19+,20-/m1/s1. The largest absolute Gasteiger partial charge is 0.393 e. The molecule has 0 unspecified atom stereocenters. The van der Waals surface area contributed by atoms with Gasteiger partial charge in [0.25, 0.3) is 0 Å². The average Bonchev–Trinajstić information content (AvgIpc) is 2.73. The molecule has 3 atom stereocenters. The first-order valence-corrected chi connectivity index (χ1v) is 8.19. The summed E-state index contributed by atoms with van der Waals surface area (Å²) in [5.74, 6) is 0.542. The first-order chi connectivity index (χ1) is 9.98. The Balaban J connectivity index is 1.99. The van der Waals surface area contributed by atoms with Crippen LogP contribution in [-0.2, 0) is 6.42 Å². The monoisotopic (exact) mass is 280 g/mol. The highest BCUT2D eigenvalue weighted by molar-refractivity contribution is 5.90. The number of fused-ring (bicyclic) bond motifs is 5. The van der Waals surface area contributed by atoms with Crippen LogP contribution in [0.15, 0.2) is 24.3 Å². The smallest absolute Gasteiger partial charge is 0.0551 e. The minimum atomic E-state index is -0.112. The number of hydrogen-bond donors (Lipinski definition) is 1. The second-order valence-electron chi connectivity index (χ2n) is 7.61. The first-order valence-electron chi connectivity index (χ1n) is 8.19. The van der Waals surface area contributed by atoms with Gasteiger partial charge in [0.1, 0.15) is 0 Å². The van der Waals surface area contributed by atoms with Gasteiger partial charge in [-0.2, -0.15) is 0 Å². The van der Waals surface area contributed by atoms with E-state index in [1.165, 1.54) is 33.9 Å². The zero-order valence-electron chi connectivity index (χ0n) is 13.2. The number of aliphatic hydroxyl groups excluding tert-OH is 1. The maximum Gasteiger partial charge on any atom is 0.0551 e. The molecule has 1 nitrogen and oxygen atoms in total. The van der Waals surface area contributed by atoms with E-state index in [2.05, 4.69) is 45.0 Å². The summed E-state index contributed by atoms with van der Waals surface area (Å²) in [6.45, 7) is 6.79. The van der Waals surface area contributed by atoms with E-state index in [0.29, 0.717) is 11.3 Å². The van der Waals surface area contributed by atoms with Crippen molar-refractivity contribution in [1.82, 2.24) is 0 Å². The summed E-state index contributed by atoms with van der Waals surface area (Å²) in [5.41, 5.74) is 6.10. The van der Waals surface area contributed by atoms with Crippen LogP contribution in [0, 0.1) is 19.3 Å². The molecule has 2 aromatic rings. The number of aliphatic hydroxyl groups is 1. The lowest BCUT2D eigenvalue weighted by Crippen LogP contribution is -2.27. The van der Waals surface area contributed by atoms with Crippen LogP contribution in [0.2, 0.25) is 0 Å². The summed E-state index contributed by atoms with van der Waals surface area (Å²) in [6, 6.07) is 9.26. The third-order valence-corrected chi connectivity index (χ3v) is 6.02. The summed E-state index contributed by atoms with van der Waals surface area (Å²) >= 11 is 0. The molecule has 0 amide bonds. The Labute approximate surface area is 127 Å². The van der Waals surface area contributed by atoms with Crippen LogP contribution in [0.3, 0.4) is 0 Å². The van der Waals surface area contributed by atoms with Gasteiger partial charge >= 0.3 is 0 Å². The first kappa shape index (κ1) is 13.3. The van der Waals surface area contributed by atoms with E-state index in [1.807, 2.05) is 0 Å². The second kappa shape index (κ2) is 4.33. The lowest BCUT2D eigenvalue weighted by molar-refractivity contribution is 0.159. The molecule has 0 saturated heterocycles. The van der Waals surface area contributed by atoms with Crippen molar-refractivity contribution in [3.8, 4) is 0 Å². The van der Waals surface area contributed by atoms with E-state index in [9.17, 15) is 5.11 Å². The van der Waals surface area contributed by atoms with E-state index >= 15 is 0 Å². The molecule has 0 aromatic heterocycles. The van der Waals surface area contributed by atoms with Gasteiger partial charge in [0.2, 0.25) is 0 Å². The van der Waals surface area contributed by atoms with Gasteiger partial charge in [-0.05, 0) is 78.3 Å². The van der Waals surface area contributed by atoms with Gasteiger partial charge in [0.15, 0.2) is 0 Å². The Hall–Kier alpha value is -1.34. The molecule has 0 spiro atoms. The maximum atomic E-state index is 10.2. The molecule has 4 rings (SSSR count). The second-order valence-corrected chi connectivity index (χ2v) is 7.61. The highest BCUT2D eigenvalue weighted by Gasteiger charge is 2.46. The predicted molar refractivity (Wildman–Crippen MR) is 87.8 cm³/mol. The predicted octanol–water partition coefficient (Wildman–Crippen LogP) is 4.65. The van der Waals surface area contributed by atoms with Crippen LogP contribution in [0.5, 0.6) is 0 Å². The van der Waals surface area contributed by atoms with E-state index in [1.54, 1.807) is 5.56 Å². The van der Waals surface area contributed by atoms with Crippen LogP contribution < -0.4 is 0 Å². The molecule has 2 aliphatic rings. The molecule has 1 fully saturated rings. The van der Waals surface area contributed by atoms with Crippen molar-refractivity contribution < 1.29 is 5.11 Å². The van der Waals surface area contributed by atoms with Crippen LogP contribution in [0.4, 0.5) is 0 Å². The van der Waals surface area contributed by atoms with Gasteiger partial charge in [-0.25, -0.2) is 0 Å². The maximum absolute atomic E-state index is 10.2. The van der Waals surface area contributed by atoms with Crippen molar-refractivity contribution in [3.05, 3.63) is 46.5 Å². The van der Waals surface area contributed by atoms with Crippen molar-refractivity contribution >= 4 is 10.8 Å². The average molecular weight is 280 g/mol. The molecule has 1 saturated carbocycles. The lowest BCUT2D eigenvalue weighted by Gasteiger charge is -2.38. The third kappa shape index (κ3) is 1.87. The molecule has 110 valence electrons. The molecular weight excluding hydrogens is 256 g/mol. The van der Waals surface area contributed by atoms with Crippen LogP contribution in [-0.4, -0.2) is 11.2 Å². The minimum Gasteiger partial charge on any atom is -0.393 e. The SMILES string of the molecule is Cc1ccc2c(C)cc3c(c2c1)CC[C@]1(C)C[C@H](O)C[C@@H]31. The van der Waals surface area contributed by atoms with E-state index in [0.717, 1.165) is 19.3 Å². The van der Waals surface area contributed by atoms with Gasteiger partial charge < -0.3 is 5.11 Å². The van der Waals surface area contributed by atoms with Crippen molar-refractivity contribution in [2.75, 3.05) is 0 Å². The Morgan fingerprint density at radius 2 is 1.95 bits per heavy atom. The molecule has 2 aliphatic carbocycles. The quantitative estimate of drug-likeness (QED) is 0.745. The fourth-order valence-corrected chi connectivity index (χ4v) is 4.90. The molecule has 2 aromatic carbocycles. The number of aryl methyl sites for hydroxylation is 3. The van der Waals surface area contributed by atoms with Gasteiger partial charge in [-0.15, -0.1) is 0 Å². The van der Waals surface area contributed by atoms with Gasteiger partial charge in [-0.3, -0.25) is 0 Å². The van der Waals surface area contributed by atoms with E-state index in [-0.39, 0.29) is 6.10 Å². The molecule has 0 bridgehead atoms. The zero-order chi connectivity index (χ0) is 14.8. The topological polar surface area (TPSA) is 20.2 Å². The van der Waals surface area contributed by atoms with Crippen molar-refractivity contribution in [1.29, 1.82) is 0 Å². The summed E-state index contributed by atoms with van der Waals surface area (Å²) in [6.07, 6.45) is 4.19. The Morgan fingerprint density at radius 3 is 2.76 bits per heavy atom. The molecule has 0 aliphatic heterocycles. The van der Waals surface area contributed by atoms with Crippen LogP contribution >= 0.6 is 0 Å². The van der Waals surface area contributed by atoms with Gasteiger partial charge in [0.05, 0.1) is 6.10 Å². The summed E-state index contributed by atoms with van der Waals surface area (Å²) in [4.78, 5) is 0. The fourth-order valence-electron chi connectivity index (χ4n) is 4.90. The summed E-state index contributed by atoms with van der Waals surface area (Å²) in [5, 5.41) is 13.0. The Kier molecular flexibility index (Phi) is 2.75. The number of benzene rings is 2. The van der Waals surface area contributed by atoms with Crippen molar-refractivity contribution in [2.24, 2.45) is 5.41 Å². The van der Waals surface area contributed by atoms with Crippen LogP contribution in [0.1, 0.15) is 54.4 Å². The highest BCUT2D eigenvalue weighted by atomic mass is 16.3. The van der Waals surface area contributed by atoms with Gasteiger partial charge in [-0.1, -0.05) is 36.8 Å². The van der Waals surface area contributed by atoms with Crippen molar-refractivity contribution in [3.63, 3.8) is 0 Å². The number of hydrogen-bond acceptors (Lipinski definition) is 1. The lowest BCUT2D eigenvalue weighted by atomic mass is 9.66. The molecule has 0 heterocycles. The van der Waals surface area contributed by atoms with E-state index < -0.39 is 0 Å². The van der Waals surface area contributed by atoms with E-state index in [4.69, 9.17) is 0 Å². The third-order valence-electron chi connectivity index (χ3n) is 6.02.